The summed E-state index contributed by atoms with van der Waals surface area (Å²) in [7, 11) is 1.76. The number of anilines is 1. The van der Waals surface area contributed by atoms with Crippen LogP contribution in [0.25, 0.3) is 5.57 Å². The molecule has 2 aromatic rings. The highest BCUT2D eigenvalue weighted by Gasteiger charge is 2.23. The molecule has 2 heterocycles. The van der Waals surface area contributed by atoms with Crippen molar-refractivity contribution in [3.05, 3.63) is 53.9 Å². The fraction of sp³-hybridized carbons (Fsp3) is 0.250. The van der Waals surface area contributed by atoms with E-state index in [-0.39, 0.29) is 5.91 Å². The van der Waals surface area contributed by atoms with E-state index in [1.807, 2.05) is 18.2 Å². The number of amides is 1. The number of carbonyl (C=O) groups is 1. The second-order valence-electron chi connectivity index (χ2n) is 5.20. The zero-order valence-electron chi connectivity index (χ0n) is 12.0. The third-order valence-corrected chi connectivity index (χ3v) is 3.70. The molecule has 3 rings (SSSR count). The highest BCUT2D eigenvalue weighted by atomic mass is 16.2. The average Bonchev–Trinajstić information content (AvgIpc) is 2.86. The third kappa shape index (κ3) is 2.67. The lowest BCUT2D eigenvalue weighted by atomic mass is 9.99. The first-order valence-electron chi connectivity index (χ1n) is 6.98. The van der Waals surface area contributed by atoms with Crippen LogP contribution in [0.4, 0.5) is 5.69 Å². The van der Waals surface area contributed by atoms with Gasteiger partial charge < -0.3 is 10.6 Å². The van der Waals surface area contributed by atoms with E-state index >= 15 is 0 Å². The Morgan fingerprint density at radius 1 is 1.29 bits per heavy atom. The minimum Gasteiger partial charge on any atom is -0.396 e. The van der Waals surface area contributed by atoms with E-state index in [0.717, 1.165) is 6.42 Å². The van der Waals surface area contributed by atoms with Crippen LogP contribution in [0.15, 0.2) is 42.6 Å². The molecule has 1 aromatic heterocycles. The van der Waals surface area contributed by atoms with E-state index in [4.69, 9.17) is 5.73 Å². The normalized spacial score (nSPS) is 14.9. The van der Waals surface area contributed by atoms with Gasteiger partial charge in [0, 0.05) is 26.3 Å². The first kappa shape index (κ1) is 13.4. The van der Waals surface area contributed by atoms with Gasteiger partial charge in [0.2, 0.25) is 0 Å². The van der Waals surface area contributed by atoms with Crippen molar-refractivity contribution in [1.82, 2.24) is 14.7 Å². The lowest BCUT2D eigenvalue weighted by Gasteiger charge is -2.26. The highest BCUT2D eigenvalue weighted by Crippen LogP contribution is 2.23. The van der Waals surface area contributed by atoms with Crippen molar-refractivity contribution < 1.29 is 4.79 Å². The zero-order valence-corrected chi connectivity index (χ0v) is 12.0. The molecule has 5 nitrogen and oxygen atoms in total. The molecule has 0 bridgehead atoms. The molecule has 1 aromatic carbocycles. The summed E-state index contributed by atoms with van der Waals surface area (Å²) in [6, 6.07) is 10.3. The van der Waals surface area contributed by atoms with Crippen molar-refractivity contribution in [3.63, 3.8) is 0 Å². The summed E-state index contributed by atoms with van der Waals surface area (Å²) in [4.78, 5) is 14.2. The predicted octanol–water partition coefficient (Wildman–Crippen LogP) is 1.93. The van der Waals surface area contributed by atoms with Crippen LogP contribution in [0, 0.1) is 0 Å². The summed E-state index contributed by atoms with van der Waals surface area (Å²) in [5.41, 5.74) is 9.10. The van der Waals surface area contributed by atoms with Crippen molar-refractivity contribution in [2.75, 3.05) is 18.8 Å². The second-order valence-corrected chi connectivity index (χ2v) is 5.20. The molecule has 0 unspecified atom stereocenters. The number of nitrogens with two attached hydrogens (primary N) is 1. The Labute approximate surface area is 123 Å². The topological polar surface area (TPSA) is 64.2 Å². The molecule has 0 fully saturated rings. The predicted molar refractivity (Wildman–Crippen MR) is 82.6 cm³/mol. The van der Waals surface area contributed by atoms with Crippen LogP contribution in [0.5, 0.6) is 0 Å². The Morgan fingerprint density at radius 3 is 2.62 bits per heavy atom. The number of benzene rings is 1. The third-order valence-electron chi connectivity index (χ3n) is 3.70. The summed E-state index contributed by atoms with van der Waals surface area (Å²) in [6.07, 6.45) is 4.61. The molecular formula is C16H18N4O. The number of aromatic nitrogens is 2. The van der Waals surface area contributed by atoms with Crippen LogP contribution < -0.4 is 5.73 Å². The minimum atomic E-state index is -0.100. The number of nitrogen functional groups attached to an aromatic ring is 1. The Kier molecular flexibility index (Phi) is 3.48. The number of rotatable bonds is 2. The van der Waals surface area contributed by atoms with E-state index in [9.17, 15) is 4.79 Å². The first-order valence-corrected chi connectivity index (χ1v) is 6.98. The van der Waals surface area contributed by atoms with Crippen LogP contribution in [0.3, 0.4) is 0 Å². The van der Waals surface area contributed by atoms with Gasteiger partial charge in [0.05, 0.1) is 5.69 Å². The van der Waals surface area contributed by atoms with Crippen LogP contribution in [0.2, 0.25) is 0 Å². The molecule has 108 valence electrons. The maximum Gasteiger partial charge on any atom is 0.276 e. The summed E-state index contributed by atoms with van der Waals surface area (Å²) in [6.45, 7) is 1.29. The molecule has 0 saturated heterocycles. The lowest BCUT2D eigenvalue weighted by molar-refractivity contribution is 0.0767. The van der Waals surface area contributed by atoms with Gasteiger partial charge in [-0.15, -0.1) is 0 Å². The largest absolute Gasteiger partial charge is 0.396 e. The Balaban J connectivity index is 1.75. The van der Waals surface area contributed by atoms with E-state index in [2.05, 4.69) is 23.3 Å². The van der Waals surface area contributed by atoms with Crippen molar-refractivity contribution in [2.24, 2.45) is 7.05 Å². The molecule has 2 N–H and O–H groups in total. The Morgan fingerprint density at radius 2 is 2.05 bits per heavy atom. The van der Waals surface area contributed by atoms with Crippen molar-refractivity contribution in [2.45, 2.75) is 6.42 Å². The van der Waals surface area contributed by atoms with Crippen molar-refractivity contribution in [3.8, 4) is 0 Å². The monoisotopic (exact) mass is 282 g/mol. The fourth-order valence-corrected chi connectivity index (χ4v) is 2.59. The Bertz CT molecular complexity index is 688. The molecule has 0 aliphatic carbocycles. The zero-order chi connectivity index (χ0) is 14.8. The van der Waals surface area contributed by atoms with Crippen molar-refractivity contribution >= 4 is 17.2 Å². The molecular weight excluding hydrogens is 264 g/mol. The number of aryl methyl sites for hydroxylation is 1. The van der Waals surface area contributed by atoms with Gasteiger partial charge in [-0.05, 0) is 17.6 Å². The van der Waals surface area contributed by atoms with Gasteiger partial charge in [0.15, 0.2) is 5.69 Å². The van der Waals surface area contributed by atoms with Gasteiger partial charge in [-0.1, -0.05) is 36.4 Å². The molecule has 0 atom stereocenters. The summed E-state index contributed by atoms with van der Waals surface area (Å²) >= 11 is 0. The van der Waals surface area contributed by atoms with Gasteiger partial charge in [-0.2, -0.15) is 5.10 Å². The maximum absolute atomic E-state index is 12.4. The van der Waals surface area contributed by atoms with E-state index in [1.165, 1.54) is 11.1 Å². The van der Waals surface area contributed by atoms with E-state index in [1.54, 1.807) is 22.8 Å². The molecule has 1 aliphatic rings. The molecule has 0 spiro atoms. The minimum absolute atomic E-state index is 0.100. The quantitative estimate of drug-likeness (QED) is 0.915. The molecule has 0 saturated carbocycles. The van der Waals surface area contributed by atoms with Crippen LogP contribution >= 0.6 is 0 Å². The van der Waals surface area contributed by atoms with Gasteiger partial charge >= 0.3 is 0 Å². The second kappa shape index (κ2) is 5.44. The summed E-state index contributed by atoms with van der Waals surface area (Å²) < 4.78 is 1.57. The molecule has 0 radical (unpaired) electrons. The average molecular weight is 282 g/mol. The molecule has 1 amide bonds. The van der Waals surface area contributed by atoms with Gasteiger partial charge in [-0.25, -0.2) is 0 Å². The first-order chi connectivity index (χ1) is 10.1. The van der Waals surface area contributed by atoms with Crippen molar-refractivity contribution in [1.29, 1.82) is 0 Å². The molecule has 5 heteroatoms. The summed E-state index contributed by atoms with van der Waals surface area (Å²) in [5.74, 6) is -0.100. The lowest BCUT2D eigenvalue weighted by Crippen LogP contribution is -2.35. The van der Waals surface area contributed by atoms with Gasteiger partial charge in [0.25, 0.3) is 5.91 Å². The van der Waals surface area contributed by atoms with Crippen LogP contribution in [-0.2, 0) is 7.05 Å². The maximum atomic E-state index is 12.4. The summed E-state index contributed by atoms with van der Waals surface area (Å²) in [5, 5.41) is 4.14. The molecule has 21 heavy (non-hydrogen) atoms. The molecule has 1 aliphatic heterocycles. The smallest absolute Gasteiger partial charge is 0.276 e. The number of hydrogen-bond donors (Lipinski definition) is 1. The van der Waals surface area contributed by atoms with Crippen LogP contribution in [-0.4, -0.2) is 33.7 Å². The number of hydrogen-bond acceptors (Lipinski definition) is 3. The number of nitrogens with zero attached hydrogens (tertiary/aromatic N) is 3. The Hall–Kier alpha value is -2.56. The number of carbonyl (C=O) groups excluding carboxylic acids is 1. The standard InChI is InChI=1S/C16H18N4O/c1-19-11-14(17)15(18-19)16(21)20-9-7-13(8-10-20)12-5-3-2-4-6-12/h2-7,11H,8-10,17H2,1H3. The SMILES string of the molecule is Cn1cc(N)c(C(=O)N2CC=C(c3ccccc3)CC2)n1. The van der Waals surface area contributed by atoms with Gasteiger partial charge in [0.1, 0.15) is 0 Å². The fourth-order valence-electron chi connectivity index (χ4n) is 2.59. The van der Waals surface area contributed by atoms with Crippen LogP contribution in [0.1, 0.15) is 22.5 Å². The van der Waals surface area contributed by atoms with Gasteiger partial charge in [-0.3, -0.25) is 9.48 Å². The van der Waals surface area contributed by atoms with E-state index < -0.39 is 0 Å². The highest BCUT2D eigenvalue weighted by molar-refractivity contribution is 5.97. The van der Waals surface area contributed by atoms with E-state index in [0.29, 0.717) is 24.5 Å².